The highest BCUT2D eigenvalue weighted by atomic mass is 32.2. The molecule has 0 atom stereocenters. The van der Waals surface area contributed by atoms with Crippen molar-refractivity contribution in [2.24, 2.45) is 0 Å². The van der Waals surface area contributed by atoms with Crippen LogP contribution in [0.25, 0.3) is 0 Å². The predicted octanol–water partition coefficient (Wildman–Crippen LogP) is 3.95. The van der Waals surface area contributed by atoms with Crippen molar-refractivity contribution in [3.8, 4) is 0 Å². The molecule has 1 amide bonds. The van der Waals surface area contributed by atoms with Crippen LogP contribution in [0.5, 0.6) is 0 Å². The van der Waals surface area contributed by atoms with E-state index < -0.39 is 26.6 Å². The highest BCUT2D eigenvalue weighted by Crippen LogP contribution is 2.32. The SMILES string of the molecule is O=C(c1ccco1)N1CCCc2cc(NS(=O)(=O)c3ccc(F)cc3F)ccc21. The van der Waals surface area contributed by atoms with Crippen molar-refractivity contribution in [3.05, 3.63) is 77.8 Å². The molecule has 4 rings (SSSR count). The third-order valence-corrected chi connectivity index (χ3v) is 6.03. The number of aryl methyl sites for hydroxylation is 1. The molecule has 0 fully saturated rings. The quantitative estimate of drug-likeness (QED) is 0.696. The molecule has 1 N–H and O–H groups in total. The standard InChI is InChI=1S/C20H16F2N2O4S/c21-14-5-8-19(16(22)12-14)29(26,27)23-15-6-7-17-13(11-15)3-1-9-24(17)20(25)18-4-2-10-28-18/h2,4-8,10-12,23H,1,3,9H2. The molecule has 3 aromatic rings. The number of fused-ring (bicyclic) bond motifs is 1. The van der Waals surface area contributed by atoms with Gasteiger partial charge in [-0.15, -0.1) is 0 Å². The largest absolute Gasteiger partial charge is 0.459 e. The number of anilines is 2. The fourth-order valence-corrected chi connectivity index (χ4v) is 4.42. The van der Waals surface area contributed by atoms with E-state index in [1.807, 2.05) is 0 Å². The number of sulfonamides is 1. The van der Waals surface area contributed by atoms with Gasteiger partial charge in [0.2, 0.25) is 0 Å². The maximum absolute atomic E-state index is 13.9. The number of nitrogens with zero attached hydrogens (tertiary/aromatic N) is 1. The molecule has 0 saturated heterocycles. The Hall–Kier alpha value is -3.20. The van der Waals surface area contributed by atoms with Gasteiger partial charge in [-0.25, -0.2) is 17.2 Å². The van der Waals surface area contributed by atoms with Crippen LogP contribution < -0.4 is 9.62 Å². The van der Waals surface area contributed by atoms with Gasteiger partial charge in [-0.05, 0) is 60.9 Å². The van der Waals surface area contributed by atoms with Gasteiger partial charge in [0.15, 0.2) is 5.76 Å². The van der Waals surface area contributed by atoms with Crippen LogP contribution in [-0.2, 0) is 16.4 Å². The first-order valence-electron chi connectivity index (χ1n) is 8.81. The number of nitrogens with one attached hydrogen (secondary N) is 1. The summed E-state index contributed by atoms with van der Waals surface area (Å²) in [7, 11) is -4.24. The summed E-state index contributed by atoms with van der Waals surface area (Å²) in [5.41, 5.74) is 1.66. The lowest BCUT2D eigenvalue weighted by Crippen LogP contribution is -2.35. The Balaban J connectivity index is 1.62. The number of halogens is 2. The second kappa shape index (κ2) is 7.32. The molecule has 0 radical (unpaired) electrons. The van der Waals surface area contributed by atoms with Crippen molar-refractivity contribution in [1.29, 1.82) is 0 Å². The molecule has 1 aliphatic rings. The van der Waals surface area contributed by atoms with E-state index in [1.165, 1.54) is 12.3 Å². The average Bonchev–Trinajstić information content (AvgIpc) is 3.21. The molecule has 9 heteroatoms. The number of amides is 1. The number of carbonyl (C=O) groups excluding carboxylic acids is 1. The first kappa shape index (κ1) is 19.1. The van der Waals surface area contributed by atoms with Gasteiger partial charge in [0, 0.05) is 24.0 Å². The summed E-state index contributed by atoms with van der Waals surface area (Å²) in [6.07, 6.45) is 2.77. The van der Waals surface area contributed by atoms with Crippen molar-refractivity contribution in [2.45, 2.75) is 17.7 Å². The van der Waals surface area contributed by atoms with Gasteiger partial charge in [-0.2, -0.15) is 0 Å². The summed E-state index contributed by atoms with van der Waals surface area (Å²) in [6.45, 7) is 0.512. The van der Waals surface area contributed by atoms with E-state index in [9.17, 15) is 22.0 Å². The number of furan rings is 1. The summed E-state index contributed by atoms with van der Waals surface area (Å²) >= 11 is 0. The third kappa shape index (κ3) is 3.73. The van der Waals surface area contributed by atoms with Crippen molar-refractivity contribution in [2.75, 3.05) is 16.2 Å². The molecule has 29 heavy (non-hydrogen) atoms. The van der Waals surface area contributed by atoms with E-state index >= 15 is 0 Å². The summed E-state index contributed by atoms with van der Waals surface area (Å²) in [6, 6.07) is 10.2. The molecule has 2 heterocycles. The van der Waals surface area contributed by atoms with Gasteiger partial charge in [-0.1, -0.05) is 0 Å². The molecule has 1 aromatic heterocycles. The topological polar surface area (TPSA) is 79.6 Å². The highest BCUT2D eigenvalue weighted by molar-refractivity contribution is 7.92. The molecular weight excluding hydrogens is 402 g/mol. The Kier molecular flexibility index (Phi) is 4.83. The van der Waals surface area contributed by atoms with Gasteiger partial charge in [0.25, 0.3) is 15.9 Å². The molecule has 0 bridgehead atoms. The summed E-state index contributed by atoms with van der Waals surface area (Å²) in [5.74, 6) is -2.10. The maximum atomic E-state index is 13.9. The van der Waals surface area contributed by atoms with Crippen LogP contribution in [0.3, 0.4) is 0 Å². The van der Waals surface area contributed by atoms with Crippen LogP contribution in [0.4, 0.5) is 20.2 Å². The minimum Gasteiger partial charge on any atom is -0.459 e. The second-order valence-electron chi connectivity index (χ2n) is 6.56. The summed E-state index contributed by atoms with van der Waals surface area (Å²) < 4.78 is 59.4. The van der Waals surface area contributed by atoms with Gasteiger partial charge in [-0.3, -0.25) is 9.52 Å². The zero-order chi connectivity index (χ0) is 20.6. The predicted molar refractivity (Wildman–Crippen MR) is 102 cm³/mol. The van der Waals surface area contributed by atoms with E-state index in [0.29, 0.717) is 31.1 Å². The Morgan fingerprint density at radius 2 is 1.93 bits per heavy atom. The first-order valence-corrected chi connectivity index (χ1v) is 10.3. The Morgan fingerprint density at radius 3 is 2.66 bits per heavy atom. The minimum atomic E-state index is -4.24. The molecule has 0 spiro atoms. The molecule has 1 aliphatic heterocycles. The maximum Gasteiger partial charge on any atom is 0.293 e. The van der Waals surface area contributed by atoms with Crippen molar-refractivity contribution >= 4 is 27.3 Å². The third-order valence-electron chi connectivity index (χ3n) is 4.61. The fraction of sp³-hybridized carbons (Fsp3) is 0.150. The summed E-state index contributed by atoms with van der Waals surface area (Å²) in [4.78, 5) is 13.6. The number of hydrogen-bond donors (Lipinski definition) is 1. The van der Waals surface area contributed by atoms with Crippen LogP contribution in [0, 0.1) is 11.6 Å². The van der Waals surface area contributed by atoms with Crippen LogP contribution in [0.15, 0.2) is 64.1 Å². The fourth-order valence-electron chi connectivity index (χ4n) is 3.31. The smallest absolute Gasteiger partial charge is 0.293 e. The molecule has 150 valence electrons. The zero-order valence-corrected chi connectivity index (χ0v) is 15.9. The van der Waals surface area contributed by atoms with Crippen LogP contribution >= 0.6 is 0 Å². The van der Waals surface area contributed by atoms with E-state index in [1.54, 1.807) is 29.2 Å². The normalized spacial score (nSPS) is 13.8. The average molecular weight is 418 g/mol. The lowest BCUT2D eigenvalue weighted by Gasteiger charge is -2.29. The highest BCUT2D eigenvalue weighted by Gasteiger charge is 2.26. The van der Waals surface area contributed by atoms with Crippen molar-refractivity contribution in [3.63, 3.8) is 0 Å². The van der Waals surface area contributed by atoms with Crippen LogP contribution in [0.1, 0.15) is 22.5 Å². The van der Waals surface area contributed by atoms with Gasteiger partial charge < -0.3 is 9.32 Å². The van der Waals surface area contributed by atoms with Crippen LogP contribution in [0.2, 0.25) is 0 Å². The monoisotopic (exact) mass is 418 g/mol. The Labute approximate surface area is 165 Å². The van der Waals surface area contributed by atoms with E-state index in [2.05, 4.69) is 4.72 Å². The van der Waals surface area contributed by atoms with E-state index in [4.69, 9.17) is 4.42 Å². The first-order chi connectivity index (χ1) is 13.8. The van der Waals surface area contributed by atoms with Gasteiger partial charge in [0.05, 0.1) is 6.26 Å². The Bertz CT molecular complexity index is 1180. The Morgan fingerprint density at radius 1 is 1.10 bits per heavy atom. The number of rotatable bonds is 4. The second-order valence-corrected chi connectivity index (χ2v) is 8.21. The zero-order valence-electron chi connectivity index (χ0n) is 15.1. The lowest BCUT2D eigenvalue weighted by atomic mass is 10.0. The molecule has 0 aliphatic carbocycles. The van der Waals surface area contributed by atoms with Crippen molar-refractivity contribution < 1.29 is 26.4 Å². The van der Waals surface area contributed by atoms with E-state index in [-0.39, 0.29) is 17.4 Å². The molecule has 0 saturated carbocycles. The number of carbonyl (C=O) groups is 1. The number of hydrogen-bond acceptors (Lipinski definition) is 4. The molecule has 6 nitrogen and oxygen atoms in total. The van der Waals surface area contributed by atoms with Gasteiger partial charge >= 0.3 is 0 Å². The van der Waals surface area contributed by atoms with E-state index in [0.717, 1.165) is 17.7 Å². The molecule has 2 aromatic carbocycles. The van der Waals surface area contributed by atoms with Crippen LogP contribution in [-0.4, -0.2) is 20.9 Å². The van der Waals surface area contributed by atoms with Gasteiger partial charge in [0.1, 0.15) is 16.5 Å². The van der Waals surface area contributed by atoms with Crippen molar-refractivity contribution in [1.82, 2.24) is 0 Å². The summed E-state index contributed by atoms with van der Waals surface area (Å²) in [5, 5.41) is 0. The molecule has 0 unspecified atom stereocenters. The lowest BCUT2D eigenvalue weighted by molar-refractivity contribution is 0.0958. The molecular formula is C20H16F2N2O4S. The minimum absolute atomic E-state index is 0.217. The number of benzene rings is 2.